The Kier molecular flexibility index (Phi) is 5.04. The van der Waals surface area contributed by atoms with Gasteiger partial charge in [-0.15, -0.1) is 10.2 Å². The van der Waals surface area contributed by atoms with Crippen LogP contribution < -0.4 is 5.69 Å². The zero-order chi connectivity index (χ0) is 22.8. The summed E-state index contributed by atoms with van der Waals surface area (Å²) >= 11 is 5.48. The molecule has 0 amide bonds. The largest absolute Gasteiger partial charge is 0.418 e. The first kappa shape index (κ1) is 21.7. The highest BCUT2D eigenvalue weighted by atomic mass is 127. The topological polar surface area (TPSA) is 57.1 Å². The molecule has 0 radical (unpaired) electrons. The standard InChI is InChI=1S/C21H16BrF3IN5O/c1-29-11-27-28-18(29)20(7-14(26)8-20)12-3-2-4-15(5-12)30-10-17-16(21(23,24)25)6-13(22)9-31(17)19(30)32/h2-6,9-11,14H,7-8H2,1H3. The van der Waals surface area contributed by atoms with E-state index in [-0.39, 0.29) is 15.4 Å². The van der Waals surface area contributed by atoms with Gasteiger partial charge in [0.15, 0.2) is 0 Å². The molecule has 32 heavy (non-hydrogen) atoms. The Labute approximate surface area is 202 Å². The summed E-state index contributed by atoms with van der Waals surface area (Å²) in [5.41, 5.74) is -0.540. The minimum absolute atomic E-state index is 0.176. The summed E-state index contributed by atoms with van der Waals surface area (Å²) in [7, 11) is 1.89. The first-order valence-corrected chi connectivity index (χ1v) is 11.7. The molecule has 1 aliphatic rings. The maximum atomic E-state index is 13.6. The number of halogens is 5. The van der Waals surface area contributed by atoms with Crippen LogP contribution in [0.2, 0.25) is 0 Å². The zero-order valence-corrected chi connectivity index (χ0v) is 20.4. The number of hydrogen-bond acceptors (Lipinski definition) is 3. The van der Waals surface area contributed by atoms with Crippen molar-refractivity contribution in [1.82, 2.24) is 23.7 Å². The average molecular weight is 618 g/mol. The van der Waals surface area contributed by atoms with Gasteiger partial charge < -0.3 is 4.57 Å². The van der Waals surface area contributed by atoms with Gasteiger partial charge in [0.25, 0.3) is 0 Å². The van der Waals surface area contributed by atoms with Gasteiger partial charge in [-0.05, 0) is 52.5 Å². The highest BCUT2D eigenvalue weighted by molar-refractivity contribution is 14.1. The lowest BCUT2D eigenvalue weighted by Gasteiger charge is -2.45. The molecule has 3 aromatic heterocycles. The van der Waals surface area contributed by atoms with E-state index in [1.807, 2.05) is 29.8 Å². The Balaban J connectivity index is 1.68. The van der Waals surface area contributed by atoms with Gasteiger partial charge in [0.1, 0.15) is 12.2 Å². The van der Waals surface area contributed by atoms with E-state index in [0.29, 0.717) is 9.61 Å². The predicted molar refractivity (Wildman–Crippen MR) is 125 cm³/mol. The van der Waals surface area contributed by atoms with Crippen LogP contribution in [0.3, 0.4) is 0 Å². The minimum Gasteiger partial charge on any atom is -0.320 e. The number of aromatic nitrogens is 5. The van der Waals surface area contributed by atoms with Crippen LogP contribution in [0.25, 0.3) is 11.2 Å². The van der Waals surface area contributed by atoms with Crippen molar-refractivity contribution in [3.63, 3.8) is 0 Å². The van der Waals surface area contributed by atoms with Crippen molar-refractivity contribution in [1.29, 1.82) is 0 Å². The number of nitrogens with zero attached hydrogens (tertiary/aromatic N) is 5. The van der Waals surface area contributed by atoms with Gasteiger partial charge >= 0.3 is 11.9 Å². The highest BCUT2D eigenvalue weighted by Crippen LogP contribution is 2.51. The Hall–Kier alpha value is -2.15. The average Bonchev–Trinajstić information content (AvgIpc) is 3.28. The Bertz CT molecular complexity index is 1400. The normalized spacial score (nSPS) is 21.1. The van der Waals surface area contributed by atoms with Crippen molar-refractivity contribution >= 4 is 44.0 Å². The third-order valence-electron chi connectivity index (χ3n) is 6.00. The smallest absolute Gasteiger partial charge is 0.320 e. The molecule has 1 saturated carbocycles. The highest BCUT2D eigenvalue weighted by Gasteiger charge is 2.49. The molecule has 1 aliphatic carbocycles. The fourth-order valence-electron chi connectivity index (χ4n) is 4.48. The summed E-state index contributed by atoms with van der Waals surface area (Å²) in [6, 6.07) is 8.35. The molecule has 4 aromatic rings. The monoisotopic (exact) mass is 617 g/mol. The van der Waals surface area contributed by atoms with E-state index >= 15 is 0 Å². The Morgan fingerprint density at radius 2 is 1.97 bits per heavy atom. The molecule has 0 unspecified atom stereocenters. The van der Waals surface area contributed by atoms with Gasteiger partial charge in [-0.2, -0.15) is 13.2 Å². The molecule has 0 saturated heterocycles. The van der Waals surface area contributed by atoms with Crippen LogP contribution in [-0.2, 0) is 18.6 Å². The molecule has 0 bridgehead atoms. The number of imidazole rings is 1. The summed E-state index contributed by atoms with van der Waals surface area (Å²) in [6.07, 6.45) is 1.38. The number of aryl methyl sites for hydroxylation is 1. The SMILES string of the molecule is Cn1cnnc1C1(c2cccc(-n3cc4c(C(F)(F)F)cc(Br)cn4c3=O)c2)CC(I)C1. The van der Waals surface area contributed by atoms with E-state index in [9.17, 15) is 18.0 Å². The van der Waals surface area contributed by atoms with E-state index in [0.717, 1.165) is 34.7 Å². The van der Waals surface area contributed by atoms with Gasteiger partial charge in [0.05, 0.1) is 22.2 Å². The van der Waals surface area contributed by atoms with Crippen molar-refractivity contribution in [2.24, 2.45) is 7.05 Å². The van der Waals surface area contributed by atoms with Crippen LogP contribution in [0.4, 0.5) is 13.2 Å². The number of pyridine rings is 1. The Morgan fingerprint density at radius 1 is 1.22 bits per heavy atom. The summed E-state index contributed by atoms with van der Waals surface area (Å²) in [5.74, 6) is 0.834. The molecule has 11 heteroatoms. The lowest BCUT2D eigenvalue weighted by Crippen LogP contribution is -2.44. The van der Waals surface area contributed by atoms with Crippen LogP contribution >= 0.6 is 38.5 Å². The molecule has 0 aliphatic heterocycles. The van der Waals surface area contributed by atoms with Crippen LogP contribution in [0.1, 0.15) is 29.8 Å². The van der Waals surface area contributed by atoms with Crippen LogP contribution in [-0.4, -0.2) is 27.7 Å². The van der Waals surface area contributed by atoms with Crippen LogP contribution in [0.15, 0.2) is 58.3 Å². The molecule has 166 valence electrons. The molecule has 5 rings (SSSR count). The lowest BCUT2D eigenvalue weighted by atomic mass is 9.63. The third-order valence-corrected chi connectivity index (χ3v) is 7.31. The predicted octanol–water partition coefficient (Wildman–Crippen LogP) is 4.88. The molecular formula is C21H16BrF3IN5O. The number of fused-ring (bicyclic) bond motifs is 1. The number of benzene rings is 1. The fraction of sp³-hybridized carbons (Fsp3) is 0.286. The molecule has 6 nitrogen and oxygen atoms in total. The second-order valence-corrected chi connectivity index (χ2v) is 10.7. The van der Waals surface area contributed by atoms with E-state index in [2.05, 4.69) is 48.7 Å². The maximum absolute atomic E-state index is 13.6. The maximum Gasteiger partial charge on any atom is 0.418 e. The summed E-state index contributed by atoms with van der Waals surface area (Å²) in [6.45, 7) is 0. The fourth-order valence-corrected chi connectivity index (χ4v) is 6.42. The first-order valence-electron chi connectivity index (χ1n) is 9.70. The van der Waals surface area contributed by atoms with Gasteiger partial charge in [0, 0.05) is 27.8 Å². The van der Waals surface area contributed by atoms with Crippen LogP contribution in [0.5, 0.6) is 0 Å². The quantitative estimate of drug-likeness (QED) is 0.243. The summed E-state index contributed by atoms with van der Waals surface area (Å²) in [5, 5.41) is 8.36. The summed E-state index contributed by atoms with van der Waals surface area (Å²) in [4.78, 5) is 13.0. The molecular weight excluding hydrogens is 602 g/mol. The number of rotatable bonds is 3. The molecule has 3 heterocycles. The molecule has 0 atom stereocenters. The van der Waals surface area contributed by atoms with Gasteiger partial charge in [-0.1, -0.05) is 34.7 Å². The van der Waals surface area contributed by atoms with Gasteiger partial charge in [0.2, 0.25) is 0 Å². The second kappa shape index (κ2) is 7.44. The molecule has 0 spiro atoms. The molecule has 1 aromatic carbocycles. The van der Waals surface area contributed by atoms with E-state index in [4.69, 9.17) is 0 Å². The van der Waals surface area contributed by atoms with E-state index < -0.39 is 17.4 Å². The number of hydrogen-bond donors (Lipinski definition) is 0. The van der Waals surface area contributed by atoms with Gasteiger partial charge in [-0.25, -0.2) is 4.79 Å². The van der Waals surface area contributed by atoms with Gasteiger partial charge in [-0.3, -0.25) is 8.97 Å². The number of alkyl halides is 4. The zero-order valence-electron chi connectivity index (χ0n) is 16.6. The molecule has 1 fully saturated rings. The minimum atomic E-state index is -4.59. The van der Waals surface area contributed by atoms with E-state index in [1.165, 1.54) is 17.0 Å². The first-order chi connectivity index (χ1) is 15.1. The van der Waals surface area contributed by atoms with E-state index in [1.54, 1.807) is 12.4 Å². The van der Waals surface area contributed by atoms with Crippen LogP contribution in [0, 0.1) is 0 Å². The van der Waals surface area contributed by atoms with Crippen molar-refractivity contribution in [2.75, 3.05) is 0 Å². The van der Waals surface area contributed by atoms with Crippen molar-refractivity contribution < 1.29 is 13.2 Å². The van der Waals surface area contributed by atoms with Crippen molar-refractivity contribution in [3.05, 3.63) is 81.0 Å². The second-order valence-electron chi connectivity index (χ2n) is 8.01. The van der Waals surface area contributed by atoms with Crippen molar-refractivity contribution in [2.45, 2.75) is 28.4 Å². The Morgan fingerprint density at radius 3 is 2.59 bits per heavy atom. The van der Waals surface area contributed by atoms with Crippen molar-refractivity contribution in [3.8, 4) is 5.69 Å². The summed E-state index contributed by atoms with van der Waals surface area (Å²) < 4.78 is 45.6. The lowest BCUT2D eigenvalue weighted by molar-refractivity contribution is -0.136. The molecule has 0 N–H and O–H groups in total. The third kappa shape index (κ3) is 3.31.